The summed E-state index contributed by atoms with van der Waals surface area (Å²) in [5.41, 5.74) is 6.19. The van der Waals surface area contributed by atoms with Crippen molar-refractivity contribution in [2.24, 2.45) is 0 Å². The first-order valence-corrected chi connectivity index (χ1v) is 9.75. The lowest BCUT2D eigenvalue weighted by molar-refractivity contribution is 0.631. The molecule has 0 unspecified atom stereocenters. The largest absolute Gasteiger partial charge is 0.338 e. The van der Waals surface area contributed by atoms with Crippen molar-refractivity contribution in [3.63, 3.8) is 0 Å². The standard InChI is InChI=1S/C24H15FN6/c25-20-4-2-1-3-17(20)16-7-10-27-23-18(16)12-21(29-23)22-19-11-15(13-28-24(19)31-30-22)14-5-8-26-9-6-14/h1-13H,(H,27,29)(H,28,30,31). The van der Waals surface area contributed by atoms with E-state index in [1.807, 2.05) is 42.6 Å². The second-order valence-electron chi connectivity index (χ2n) is 7.21. The van der Waals surface area contributed by atoms with Crippen molar-refractivity contribution in [3.05, 3.63) is 85.2 Å². The molecule has 0 radical (unpaired) electrons. The van der Waals surface area contributed by atoms with E-state index >= 15 is 0 Å². The Morgan fingerprint density at radius 3 is 2.48 bits per heavy atom. The first-order valence-electron chi connectivity index (χ1n) is 9.75. The van der Waals surface area contributed by atoms with Crippen LogP contribution in [0, 0.1) is 5.82 Å². The van der Waals surface area contributed by atoms with Crippen LogP contribution in [0.2, 0.25) is 0 Å². The van der Waals surface area contributed by atoms with Crippen LogP contribution < -0.4 is 0 Å². The smallest absolute Gasteiger partial charge is 0.155 e. The Morgan fingerprint density at radius 2 is 1.61 bits per heavy atom. The average molecular weight is 406 g/mol. The van der Waals surface area contributed by atoms with Crippen molar-refractivity contribution in [1.82, 2.24) is 30.1 Å². The van der Waals surface area contributed by atoms with Gasteiger partial charge in [0.1, 0.15) is 17.2 Å². The molecule has 6 rings (SSSR count). The van der Waals surface area contributed by atoms with E-state index in [9.17, 15) is 4.39 Å². The number of hydrogen-bond donors (Lipinski definition) is 2. The monoisotopic (exact) mass is 406 g/mol. The van der Waals surface area contributed by atoms with E-state index in [-0.39, 0.29) is 5.82 Å². The number of benzene rings is 1. The van der Waals surface area contributed by atoms with E-state index in [1.165, 1.54) is 6.07 Å². The average Bonchev–Trinajstić information content (AvgIpc) is 3.43. The SMILES string of the molecule is Fc1ccccc1-c1ccnc2[nH]c(-c3n[nH]c4ncc(-c5ccncc5)cc34)cc12. The topological polar surface area (TPSA) is 83.1 Å². The molecular formula is C24H15FN6. The highest BCUT2D eigenvalue weighted by Crippen LogP contribution is 2.34. The molecule has 7 heteroatoms. The zero-order chi connectivity index (χ0) is 20.8. The van der Waals surface area contributed by atoms with Gasteiger partial charge in [-0.15, -0.1) is 0 Å². The minimum absolute atomic E-state index is 0.269. The molecule has 5 heterocycles. The van der Waals surface area contributed by atoms with Gasteiger partial charge >= 0.3 is 0 Å². The van der Waals surface area contributed by atoms with Gasteiger partial charge in [-0.1, -0.05) is 18.2 Å². The molecule has 6 nitrogen and oxygen atoms in total. The van der Waals surface area contributed by atoms with Crippen LogP contribution in [0.5, 0.6) is 0 Å². The number of hydrogen-bond acceptors (Lipinski definition) is 4. The normalized spacial score (nSPS) is 11.4. The lowest BCUT2D eigenvalue weighted by Gasteiger charge is -2.04. The van der Waals surface area contributed by atoms with Crippen molar-refractivity contribution in [2.75, 3.05) is 0 Å². The number of nitrogens with zero attached hydrogens (tertiary/aromatic N) is 4. The molecule has 2 N–H and O–H groups in total. The van der Waals surface area contributed by atoms with E-state index in [2.05, 4.69) is 30.1 Å². The predicted molar refractivity (Wildman–Crippen MR) is 118 cm³/mol. The van der Waals surface area contributed by atoms with Crippen LogP contribution in [0.1, 0.15) is 0 Å². The molecule has 6 aromatic rings. The maximum absolute atomic E-state index is 14.4. The highest BCUT2D eigenvalue weighted by molar-refractivity contribution is 5.99. The lowest BCUT2D eigenvalue weighted by Crippen LogP contribution is -1.85. The molecular weight excluding hydrogens is 391 g/mol. The molecule has 0 aliphatic heterocycles. The van der Waals surface area contributed by atoms with E-state index in [1.54, 1.807) is 30.7 Å². The number of rotatable bonds is 3. The van der Waals surface area contributed by atoms with Gasteiger partial charge in [0.15, 0.2) is 5.65 Å². The summed E-state index contributed by atoms with van der Waals surface area (Å²) in [7, 11) is 0. The predicted octanol–water partition coefficient (Wildman–Crippen LogP) is 5.37. The molecule has 0 spiro atoms. The summed E-state index contributed by atoms with van der Waals surface area (Å²) in [5.74, 6) is -0.269. The van der Waals surface area contributed by atoms with Crippen molar-refractivity contribution in [1.29, 1.82) is 0 Å². The van der Waals surface area contributed by atoms with Gasteiger partial charge < -0.3 is 4.98 Å². The molecule has 0 fully saturated rings. The number of aromatic amines is 2. The van der Waals surface area contributed by atoms with Crippen LogP contribution >= 0.6 is 0 Å². The molecule has 0 bridgehead atoms. The van der Waals surface area contributed by atoms with E-state index < -0.39 is 0 Å². The fourth-order valence-electron chi connectivity index (χ4n) is 3.88. The number of fused-ring (bicyclic) bond motifs is 2. The maximum atomic E-state index is 14.4. The summed E-state index contributed by atoms with van der Waals surface area (Å²) in [4.78, 5) is 16.4. The van der Waals surface area contributed by atoms with Gasteiger partial charge in [-0.2, -0.15) is 5.10 Å². The first-order chi connectivity index (χ1) is 15.3. The third kappa shape index (κ3) is 2.86. The Bertz CT molecular complexity index is 1550. The van der Waals surface area contributed by atoms with Crippen molar-refractivity contribution in [3.8, 4) is 33.6 Å². The van der Waals surface area contributed by atoms with Crippen LogP contribution in [0.3, 0.4) is 0 Å². The molecule has 31 heavy (non-hydrogen) atoms. The quantitative estimate of drug-likeness (QED) is 0.414. The molecule has 1 aromatic carbocycles. The Balaban J connectivity index is 1.53. The Morgan fingerprint density at radius 1 is 0.742 bits per heavy atom. The van der Waals surface area contributed by atoms with Crippen LogP contribution in [0.15, 0.2) is 79.4 Å². The fraction of sp³-hybridized carbons (Fsp3) is 0. The summed E-state index contributed by atoms with van der Waals surface area (Å²) in [6, 6.07) is 16.4. The maximum Gasteiger partial charge on any atom is 0.155 e. The highest BCUT2D eigenvalue weighted by atomic mass is 19.1. The fourth-order valence-corrected chi connectivity index (χ4v) is 3.88. The molecule has 148 valence electrons. The molecule has 0 aliphatic rings. The molecule has 0 saturated heterocycles. The Kier molecular flexibility index (Phi) is 3.86. The number of pyridine rings is 3. The number of aromatic nitrogens is 6. The van der Waals surface area contributed by atoms with E-state index in [4.69, 9.17) is 0 Å². The summed E-state index contributed by atoms with van der Waals surface area (Å²) in [5, 5.41) is 9.19. The van der Waals surface area contributed by atoms with Gasteiger partial charge in [0.05, 0.1) is 5.69 Å². The molecule has 5 aromatic heterocycles. The van der Waals surface area contributed by atoms with Gasteiger partial charge in [-0.25, -0.2) is 14.4 Å². The summed E-state index contributed by atoms with van der Waals surface area (Å²) in [6.45, 7) is 0. The van der Waals surface area contributed by atoms with Crippen molar-refractivity contribution in [2.45, 2.75) is 0 Å². The zero-order valence-corrected chi connectivity index (χ0v) is 16.2. The van der Waals surface area contributed by atoms with Gasteiger partial charge in [-0.05, 0) is 47.5 Å². The lowest BCUT2D eigenvalue weighted by atomic mass is 10.0. The molecule has 0 atom stereocenters. The summed E-state index contributed by atoms with van der Waals surface area (Å²) >= 11 is 0. The molecule has 0 aliphatic carbocycles. The van der Waals surface area contributed by atoms with E-state index in [0.717, 1.165) is 38.9 Å². The van der Waals surface area contributed by atoms with Gasteiger partial charge in [0.2, 0.25) is 0 Å². The van der Waals surface area contributed by atoms with Crippen LogP contribution in [0.4, 0.5) is 4.39 Å². The molecule has 0 saturated carbocycles. The third-order valence-electron chi connectivity index (χ3n) is 5.38. The third-order valence-corrected chi connectivity index (χ3v) is 5.38. The Hall–Kier alpha value is -4.39. The van der Waals surface area contributed by atoms with Crippen molar-refractivity contribution >= 4 is 22.1 Å². The Labute approximate surface area is 175 Å². The molecule has 0 amide bonds. The number of nitrogens with one attached hydrogen (secondary N) is 2. The minimum Gasteiger partial charge on any atom is -0.338 e. The van der Waals surface area contributed by atoms with Crippen molar-refractivity contribution < 1.29 is 4.39 Å². The summed E-state index contributed by atoms with van der Waals surface area (Å²) in [6.07, 6.45) is 6.99. The van der Waals surface area contributed by atoms with E-state index in [0.29, 0.717) is 16.9 Å². The number of H-pyrrole nitrogens is 2. The van der Waals surface area contributed by atoms with Gasteiger partial charge in [-0.3, -0.25) is 10.1 Å². The number of halogens is 1. The highest BCUT2D eigenvalue weighted by Gasteiger charge is 2.16. The minimum atomic E-state index is -0.269. The first kappa shape index (κ1) is 17.5. The van der Waals surface area contributed by atoms with Gasteiger partial charge in [0, 0.05) is 46.7 Å². The second kappa shape index (κ2) is 6.84. The zero-order valence-electron chi connectivity index (χ0n) is 16.2. The second-order valence-corrected chi connectivity index (χ2v) is 7.21. The van der Waals surface area contributed by atoms with Crippen LogP contribution in [0.25, 0.3) is 55.7 Å². The van der Waals surface area contributed by atoms with Crippen LogP contribution in [-0.2, 0) is 0 Å². The van der Waals surface area contributed by atoms with Crippen LogP contribution in [-0.4, -0.2) is 30.1 Å². The summed E-state index contributed by atoms with van der Waals surface area (Å²) < 4.78 is 14.4. The van der Waals surface area contributed by atoms with Gasteiger partial charge in [0.25, 0.3) is 0 Å².